The number of carbonyl (C=O) groups excluding carboxylic acids is 3. The summed E-state index contributed by atoms with van der Waals surface area (Å²) >= 11 is 0. The number of nitrogens with zero attached hydrogens (tertiary/aromatic N) is 2. The first-order valence-corrected chi connectivity index (χ1v) is 11.6. The van der Waals surface area contributed by atoms with Crippen LogP contribution in [0.5, 0.6) is 17.2 Å². The predicted octanol–water partition coefficient (Wildman–Crippen LogP) is 3.54. The van der Waals surface area contributed by atoms with Crippen LogP contribution in [0.3, 0.4) is 0 Å². The maximum Gasteiger partial charge on any atom is 0.325 e. The fraction of sp³-hybridized carbons (Fsp3) is 0.296. The maximum absolute atomic E-state index is 13.3. The van der Waals surface area contributed by atoms with E-state index in [-0.39, 0.29) is 19.1 Å². The predicted molar refractivity (Wildman–Crippen MR) is 130 cm³/mol. The summed E-state index contributed by atoms with van der Waals surface area (Å²) in [6, 6.07) is 13.9. The number of methoxy groups -OCH3 is 1. The Balaban J connectivity index is 1.35. The molecule has 3 amide bonds. The van der Waals surface area contributed by atoms with Crippen LogP contribution in [0.2, 0.25) is 0 Å². The fourth-order valence-corrected chi connectivity index (χ4v) is 4.75. The molecule has 0 aliphatic carbocycles. The van der Waals surface area contributed by atoms with E-state index in [1.165, 1.54) is 7.11 Å². The number of Topliss-reactive ketones (excluding diaryl/α,β-unsaturated/α-hetero) is 1. The lowest BCUT2D eigenvalue weighted by Gasteiger charge is -2.22. The summed E-state index contributed by atoms with van der Waals surface area (Å²) in [7, 11) is 1.53. The Kier molecular flexibility index (Phi) is 5.70. The number of imide groups is 1. The lowest BCUT2D eigenvalue weighted by molar-refractivity contribution is -0.130. The third kappa shape index (κ3) is 3.86. The van der Waals surface area contributed by atoms with Crippen LogP contribution in [0.15, 0.2) is 48.5 Å². The van der Waals surface area contributed by atoms with Gasteiger partial charge in [0.2, 0.25) is 6.79 Å². The molecule has 0 radical (unpaired) electrons. The molecule has 0 bridgehead atoms. The van der Waals surface area contributed by atoms with Crippen LogP contribution in [0, 0.1) is 13.8 Å². The number of hydrogen-bond donors (Lipinski definition) is 1. The average molecular weight is 490 g/mol. The summed E-state index contributed by atoms with van der Waals surface area (Å²) in [6.45, 7) is 5.81. The minimum Gasteiger partial charge on any atom is -0.497 e. The monoisotopic (exact) mass is 489 g/mol. The number of amides is 3. The molecule has 36 heavy (non-hydrogen) atoms. The number of benzene rings is 2. The molecule has 2 aliphatic heterocycles. The fourth-order valence-electron chi connectivity index (χ4n) is 4.75. The molecule has 1 saturated heterocycles. The molecule has 1 atom stereocenters. The number of aromatic nitrogens is 1. The van der Waals surface area contributed by atoms with E-state index in [1.54, 1.807) is 37.3 Å². The van der Waals surface area contributed by atoms with Gasteiger partial charge in [0.15, 0.2) is 17.3 Å². The number of ether oxygens (including phenoxy) is 3. The molecule has 1 aromatic heterocycles. The summed E-state index contributed by atoms with van der Waals surface area (Å²) < 4.78 is 18.1. The maximum atomic E-state index is 13.3. The molecule has 186 valence electrons. The molecule has 0 spiro atoms. The summed E-state index contributed by atoms with van der Waals surface area (Å²) in [5, 5.41) is 2.74. The molecule has 1 N–H and O–H groups in total. The van der Waals surface area contributed by atoms with Crippen LogP contribution in [0.4, 0.5) is 4.79 Å². The van der Waals surface area contributed by atoms with E-state index in [9.17, 15) is 14.4 Å². The van der Waals surface area contributed by atoms with Crippen LogP contribution >= 0.6 is 0 Å². The van der Waals surface area contributed by atoms with Crippen LogP contribution in [0.1, 0.15) is 39.8 Å². The number of nitrogens with one attached hydrogen (secondary N) is 1. The highest BCUT2D eigenvalue weighted by Crippen LogP contribution is 2.34. The molecule has 0 saturated carbocycles. The SMILES string of the molecule is COc1cccc([C@@]2(C)NC(=O)N(CC(=O)c3cc(C)n(Cc4ccc5c(c4)OCO5)c3C)C2=O)c1. The van der Waals surface area contributed by atoms with E-state index in [0.29, 0.717) is 34.9 Å². The van der Waals surface area contributed by atoms with Gasteiger partial charge in [-0.2, -0.15) is 0 Å². The second kappa shape index (κ2) is 8.75. The summed E-state index contributed by atoms with van der Waals surface area (Å²) in [4.78, 5) is 40.4. The Bertz CT molecular complexity index is 1390. The van der Waals surface area contributed by atoms with Gasteiger partial charge in [-0.3, -0.25) is 14.5 Å². The van der Waals surface area contributed by atoms with Gasteiger partial charge in [0.1, 0.15) is 11.3 Å². The van der Waals surface area contributed by atoms with E-state index in [2.05, 4.69) is 5.32 Å². The van der Waals surface area contributed by atoms with Gasteiger partial charge < -0.3 is 24.1 Å². The molecule has 3 aromatic rings. The molecule has 0 unspecified atom stereocenters. The summed E-state index contributed by atoms with van der Waals surface area (Å²) in [5.41, 5.74) is 2.43. The quantitative estimate of drug-likeness (QED) is 0.403. The topological polar surface area (TPSA) is 99.1 Å². The highest BCUT2D eigenvalue weighted by molar-refractivity contribution is 6.11. The van der Waals surface area contributed by atoms with Crippen molar-refractivity contribution < 1.29 is 28.6 Å². The highest BCUT2D eigenvalue weighted by Gasteiger charge is 2.49. The largest absolute Gasteiger partial charge is 0.497 e. The van der Waals surface area contributed by atoms with Crippen LogP contribution < -0.4 is 19.5 Å². The first-order chi connectivity index (χ1) is 17.2. The third-order valence-electron chi connectivity index (χ3n) is 6.88. The van der Waals surface area contributed by atoms with Gasteiger partial charge in [-0.15, -0.1) is 0 Å². The Morgan fingerprint density at radius 3 is 2.64 bits per heavy atom. The van der Waals surface area contributed by atoms with Gasteiger partial charge >= 0.3 is 6.03 Å². The van der Waals surface area contributed by atoms with Gasteiger partial charge in [-0.25, -0.2) is 4.79 Å². The third-order valence-corrected chi connectivity index (χ3v) is 6.88. The number of urea groups is 1. The van der Waals surface area contributed by atoms with Crippen molar-refractivity contribution in [2.24, 2.45) is 0 Å². The molecular weight excluding hydrogens is 462 g/mol. The van der Waals surface area contributed by atoms with E-state index in [4.69, 9.17) is 14.2 Å². The minimum absolute atomic E-state index is 0.207. The molecule has 5 rings (SSSR count). The Hall–Kier alpha value is -4.27. The van der Waals surface area contributed by atoms with Gasteiger partial charge in [0, 0.05) is 23.5 Å². The zero-order valence-electron chi connectivity index (χ0n) is 20.6. The molecule has 2 aliphatic rings. The highest BCUT2D eigenvalue weighted by atomic mass is 16.7. The summed E-state index contributed by atoms with van der Waals surface area (Å²) in [6.07, 6.45) is 0. The minimum atomic E-state index is -1.29. The Morgan fingerprint density at radius 2 is 1.86 bits per heavy atom. The van der Waals surface area contributed by atoms with E-state index in [1.807, 2.05) is 36.6 Å². The first-order valence-electron chi connectivity index (χ1n) is 11.6. The van der Waals surface area contributed by atoms with E-state index < -0.39 is 17.5 Å². The van der Waals surface area contributed by atoms with Crippen molar-refractivity contribution in [1.29, 1.82) is 0 Å². The first kappa shape index (κ1) is 23.5. The second-order valence-corrected chi connectivity index (χ2v) is 9.16. The molecule has 9 nitrogen and oxygen atoms in total. The summed E-state index contributed by atoms with van der Waals surface area (Å²) in [5.74, 6) is 1.19. The zero-order chi connectivity index (χ0) is 25.6. The number of fused-ring (bicyclic) bond motifs is 1. The smallest absolute Gasteiger partial charge is 0.325 e. The number of rotatable bonds is 7. The lowest BCUT2D eigenvalue weighted by Crippen LogP contribution is -2.41. The second-order valence-electron chi connectivity index (χ2n) is 9.16. The van der Waals surface area contributed by atoms with Gasteiger partial charge in [-0.05, 0) is 62.2 Å². The number of aryl methyl sites for hydroxylation is 1. The van der Waals surface area contributed by atoms with Crippen LogP contribution in [-0.4, -0.2) is 47.6 Å². The van der Waals surface area contributed by atoms with Crippen molar-refractivity contribution in [1.82, 2.24) is 14.8 Å². The van der Waals surface area contributed by atoms with Crippen LogP contribution in [-0.2, 0) is 16.9 Å². The Labute approximate surface area is 208 Å². The van der Waals surface area contributed by atoms with Crippen molar-refractivity contribution in [2.45, 2.75) is 32.9 Å². The number of ketones is 1. The van der Waals surface area contributed by atoms with Gasteiger partial charge in [0.05, 0.1) is 13.7 Å². The molecule has 2 aromatic carbocycles. The molecule has 3 heterocycles. The standard InChI is InChI=1S/C27H27N3O6/c1-16-10-21(17(2)29(16)13-18-8-9-23-24(11-18)36-15-35-23)22(31)14-30-25(32)27(3,28-26(30)33)19-6-5-7-20(12-19)34-4/h5-12H,13-15H2,1-4H3,(H,28,33)/t27-/m1/s1. The molecule has 9 heteroatoms. The number of carbonyl (C=O) groups is 3. The van der Waals surface area contributed by atoms with E-state index >= 15 is 0 Å². The zero-order valence-corrected chi connectivity index (χ0v) is 20.6. The van der Waals surface area contributed by atoms with Crippen molar-refractivity contribution >= 4 is 17.7 Å². The average Bonchev–Trinajstić information content (AvgIpc) is 3.51. The van der Waals surface area contributed by atoms with Gasteiger partial charge in [-0.1, -0.05) is 18.2 Å². The van der Waals surface area contributed by atoms with Crippen molar-refractivity contribution in [3.05, 3.63) is 76.6 Å². The number of hydrogen-bond acceptors (Lipinski definition) is 6. The lowest BCUT2D eigenvalue weighted by atomic mass is 9.92. The molecule has 1 fully saturated rings. The molecular formula is C27H27N3O6. The van der Waals surface area contributed by atoms with Crippen molar-refractivity contribution in [3.63, 3.8) is 0 Å². The van der Waals surface area contributed by atoms with E-state index in [0.717, 1.165) is 21.9 Å². The van der Waals surface area contributed by atoms with Crippen molar-refractivity contribution in [2.75, 3.05) is 20.4 Å². The Morgan fingerprint density at radius 1 is 1.08 bits per heavy atom. The normalized spacial score (nSPS) is 18.5. The van der Waals surface area contributed by atoms with Crippen molar-refractivity contribution in [3.8, 4) is 17.2 Å². The van der Waals surface area contributed by atoms with Gasteiger partial charge in [0.25, 0.3) is 5.91 Å². The van der Waals surface area contributed by atoms with Crippen LogP contribution in [0.25, 0.3) is 0 Å².